The first-order valence-corrected chi connectivity index (χ1v) is 23.3. The summed E-state index contributed by atoms with van der Waals surface area (Å²) in [5, 5.41) is 0. The van der Waals surface area contributed by atoms with Gasteiger partial charge in [0.15, 0.2) is 0 Å². The SMILES string of the molecule is Cc1cc(C)cc(Oc2ccc(C(C)(C)c3ccc(Oc4ccc(S(=O)(=O)c5ccc(Oc6ccc(C(C)(C)c7ccc(Oc8cc(C)cc(C)c8)cc7)cc6)cc5)cc4)cc3)cc2)c1. The number of rotatable bonds is 14. The Morgan fingerprint density at radius 3 is 0.723 bits per heavy atom. The largest absolute Gasteiger partial charge is 0.457 e. The van der Waals surface area contributed by atoms with Crippen LogP contribution in [0.4, 0.5) is 0 Å². The van der Waals surface area contributed by atoms with Crippen molar-refractivity contribution in [3.05, 3.63) is 226 Å². The van der Waals surface area contributed by atoms with E-state index >= 15 is 0 Å². The smallest absolute Gasteiger partial charge is 0.206 e. The van der Waals surface area contributed by atoms with Crippen LogP contribution in [0.25, 0.3) is 0 Å². The minimum absolute atomic E-state index is 0.169. The molecule has 0 radical (unpaired) electrons. The molecule has 328 valence electrons. The molecule has 0 unspecified atom stereocenters. The first kappa shape index (κ1) is 44.5. The van der Waals surface area contributed by atoms with Crippen LogP contribution >= 0.6 is 0 Å². The van der Waals surface area contributed by atoms with Crippen molar-refractivity contribution < 1.29 is 27.4 Å². The van der Waals surface area contributed by atoms with Gasteiger partial charge in [0.05, 0.1) is 9.79 Å². The van der Waals surface area contributed by atoms with Crippen LogP contribution in [0.3, 0.4) is 0 Å². The Labute approximate surface area is 384 Å². The van der Waals surface area contributed by atoms with E-state index in [4.69, 9.17) is 18.9 Å². The molecule has 0 bridgehead atoms. The lowest BCUT2D eigenvalue weighted by atomic mass is 9.78. The fourth-order valence-electron chi connectivity index (χ4n) is 8.13. The highest BCUT2D eigenvalue weighted by atomic mass is 32.2. The minimum Gasteiger partial charge on any atom is -0.457 e. The van der Waals surface area contributed by atoms with Crippen molar-refractivity contribution >= 4 is 9.84 Å². The Bertz CT molecular complexity index is 2780. The second-order valence-electron chi connectivity index (χ2n) is 17.8. The molecule has 0 amide bonds. The van der Waals surface area contributed by atoms with Gasteiger partial charge >= 0.3 is 0 Å². The summed E-state index contributed by atoms with van der Waals surface area (Å²) >= 11 is 0. The van der Waals surface area contributed by atoms with Gasteiger partial charge in [0, 0.05) is 10.8 Å². The van der Waals surface area contributed by atoms with E-state index in [9.17, 15) is 8.42 Å². The average molecular weight is 879 g/mol. The zero-order chi connectivity index (χ0) is 45.9. The van der Waals surface area contributed by atoms with E-state index in [1.165, 1.54) is 22.3 Å². The molecule has 0 saturated heterocycles. The molecule has 0 saturated carbocycles. The first-order valence-electron chi connectivity index (χ1n) is 21.8. The lowest BCUT2D eigenvalue weighted by Gasteiger charge is -2.26. The summed E-state index contributed by atoms with van der Waals surface area (Å²) in [7, 11) is -3.79. The van der Waals surface area contributed by atoms with E-state index in [0.29, 0.717) is 23.0 Å². The fraction of sp³-hybridized carbons (Fsp3) is 0.172. The maximum absolute atomic E-state index is 13.6. The Morgan fingerprint density at radius 2 is 0.492 bits per heavy atom. The second-order valence-corrected chi connectivity index (χ2v) is 19.8. The molecule has 8 aromatic carbocycles. The van der Waals surface area contributed by atoms with Gasteiger partial charge in [-0.15, -0.1) is 0 Å². The van der Waals surface area contributed by atoms with Crippen molar-refractivity contribution in [3.8, 4) is 46.0 Å². The van der Waals surface area contributed by atoms with Crippen molar-refractivity contribution in [1.82, 2.24) is 0 Å². The van der Waals surface area contributed by atoms with Gasteiger partial charge in [-0.1, -0.05) is 88.4 Å². The van der Waals surface area contributed by atoms with Crippen molar-refractivity contribution in [3.63, 3.8) is 0 Å². The zero-order valence-corrected chi connectivity index (χ0v) is 39.0. The standard InChI is InChI=1S/C58H54O6S/c1-39-33-40(2)36-53(35-39)63-49-21-13-45(14-22-49)57(5,6)43-9-17-47(18-10-43)61-51-25-29-55(30-26-51)65(59,60)56-31-27-52(28-32-56)62-48-19-11-44(12-20-48)58(7,8)46-15-23-50(24-16-46)64-54-37-41(3)34-42(4)38-54/h9-38H,1-8H3. The van der Waals surface area contributed by atoms with Gasteiger partial charge in [0.2, 0.25) is 9.84 Å². The first-order chi connectivity index (χ1) is 31.0. The van der Waals surface area contributed by atoms with Crippen molar-refractivity contribution in [2.45, 2.75) is 76.0 Å². The molecule has 7 heteroatoms. The number of hydrogen-bond donors (Lipinski definition) is 0. The number of hydrogen-bond acceptors (Lipinski definition) is 6. The fourth-order valence-corrected chi connectivity index (χ4v) is 9.39. The van der Waals surface area contributed by atoms with E-state index in [1.807, 2.05) is 72.8 Å². The summed E-state index contributed by atoms with van der Waals surface area (Å²) in [6.07, 6.45) is 0. The molecule has 0 heterocycles. The molecular formula is C58H54O6S. The van der Waals surface area contributed by atoms with Crippen LogP contribution in [0.15, 0.2) is 192 Å². The number of ether oxygens (including phenoxy) is 4. The molecule has 8 rings (SSSR count). The van der Waals surface area contributed by atoms with E-state index in [0.717, 1.165) is 45.3 Å². The van der Waals surface area contributed by atoms with Crippen molar-refractivity contribution in [2.75, 3.05) is 0 Å². The maximum atomic E-state index is 13.6. The number of benzene rings is 8. The van der Waals surface area contributed by atoms with Gasteiger partial charge in [-0.2, -0.15) is 0 Å². The highest BCUT2D eigenvalue weighted by Gasteiger charge is 2.25. The van der Waals surface area contributed by atoms with Gasteiger partial charge in [-0.05, 0) is 194 Å². The van der Waals surface area contributed by atoms with E-state index in [-0.39, 0.29) is 20.6 Å². The molecule has 0 aromatic heterocycles. The van der Waals surface area contributed by atoms with Gasteiger partial charge in [-0.25, -0.2) is 8.42 Å². The Kier molecular flexibility index (Phi) is 12.5. The van der Waals surface area contributed by atoms with E-state index in [1.54, 1.807) is 48.5 Å². The van der Waals surface area contributed by atoms with Gasteiger partial charge in [-0.3, -0.25) is 0 Å². The van der Waals surface area contributed by atoms with Crippen LogP contribution in [0.5, 0.6) is 46.0 Å². The molecule has 8 aromatic rings. The molecule has 0 aliphatic heterocycles. The molecule has 0 spiro atoms. The lowest BCUT2D eigenvalue weighted by Crippen LogP contribution is -2.18. The molecule has 65 heavy (non-hydrogen) atoms. The number of aryl methyl sites for hydroxylation is 4. The third kappa shape index (κ3) is 10.3. The average Bonchev–Trinajstić information content (AvgIpc) is 3.27. The molecule has 0 aliphatic rings. The van der Waals surface area contributed by atoms with Crippen LogP contribution in [0.2, 0.25) is 0 Å². The van der Waals surface area contributed by atoms with Crippen LogP contribution in [0, 0.1) is 27.7 Å². The topological polar surface area (TPSA) is 71.1 Å². The molecule has 6 nitrogen and oxygen atoms in total. The minimum atomic E-state index is -3.79. The maximum Gasteiger partial charge on any atom is 0.206 e. The summed E-state index contributed by atoms with van der Waals surface area (Å²) in [5.41, 5.74) is 8.69. The van der Waals surface area contributed by atoms with Crippen LogP contribution in [0.1, 0.15) is 72.2 Å². The van der Waals surface area contributed by atoms with Crippen LogP contribution in [-0.2, 0) is 20.7 Å². The van der Waals surface area contributed by atoms with Crippen LogP contribution < -0.4 is 18.9 Å². The van der Waals surface area contributed by atoms with Crippen LogP contribution in [-0.4, -0.2) is 8.42 Å². The predicted octanol–water partition coefficient (Wildman–Crippen LogP) is 15.6. The summed E-state index contributed by atoms with van der Waals surface area (Å²) in [4.78, 5) is 0.338. The summed E-state index contributed by atoms with van der Waals surface area (Å²) in [6.45, 7) is 17.0. The van der Waals surface area contributed by atoms with E-state index < -0.39 is 9.84 Å². The Balaban J connectivity index is 0.852. The quantitative estimate of drug-likeness (QED) is 0.108. The molecule has 0 aliphatic carbocycles. The van der Waals surface area contributed by atoms with Crippen molar-refractivity contribution in [2.24, 2.45) is 0 Å². The van der Waals surface area contributed by atoms with E-state index in [2.05, 4.69) is 116 Å². The van der Waals surface area contributed by atoms with Crippen molar-refractivity contribution in [1.29, 1.82) is 0 Å². The third-order valence-electron chi connectivity index (χ3n) is 11.9. The number of sulfone groups is 1. The second kappa shape index (κ2) is 18.2. The normalized spacial score (nSPS) is 11.8. The highest BCUT2D eigenvalue weighted by molar-refractivity contribution is 7.91. The monoisotopic (exact) mass is 878 g/mol. The Morgan fingerprint density at radius 1 is 0.292 bits per heavy atom. The molecule has 0 atom stereocenters. The summed E-state index contributed by atoms with van der Waals surface area (Å²) in [6, 6.07) is 57.8. The van der Waals surface area contributed by atoms with Gasteiger partial charge in [0.25, 0.3) is 0 Å². The molecular weight excluding hydrogens is 825 g/mol. The van der Waals surface area contributed by atoms with Gasteiger partial charge < -0.3 is 18.9 Å². The molecule has 0 fully saturated rings. The lowest BCUT2D eigenvalue weighted by molar-refractivity contribution is 0.480. The highest BCUT2D eigenvalue weighted by Crippen LogP contribution is 2.37. The summed E-state index contributed by atoms with van der Waals surface area (Å²) in [5.74, 6) is 5.60. The van der Waals surface area contributed by atoms with Gasteiger partial charge in [0.1, 0.15) is 46.0 Å². The molecule has 0 N–H and O–H groups in total. The predicted molar refractivity (Wildman–Crippen MR) is 260 cm³/mol. The third-order valence-corrected chi connectivity index (χ3v) is 13.7. The Hall–Kier alpha value is -7.09. The zero-order valence-electron chi connectivity index (χ0n) is 38.2. The summed E-state index contributed by atoms with van der Waals surface area (Å²) < 4.78 is 51.8.